The van der Waals surface area contributed by atoms with Crippen LogP contribution in [0.15, 0.2) is 30.6 Å². The number of halogens is 2. The Balaban J connectivity index is 0.000000492. The first-order valence-electron chi connectivity index (χ1n) is 5.42. The van der Waals surface area contributed by atoms with Crippen LogP contribution in [0.2, 0.25) is 0 Å². The first-order chi connectivity index (χ1) is 8.69. The van der Waals surface area contributed by atoms with E-state index < -0.39 is 5.97 Å². The highest BCUT2D eigenvalue weighted by atomic mass is 35.5. The number of nitrogens with zero attached hydrogens (tertiary/aromatic N) is 2. The van der Waals surface area contributed by atoms with Gasteiger partial charge in [-0.05, 0) is 18.6 Å². The Morgan fingerprint density at radius 3 is 2.67 bits per heavy atom. The minimum Gasteiger partial charge on any atom is -0.481 e. The van der Waals surface area contributed by atoms with Gasteiger partial charge in [-0.1, -0.05) is 12.1 Å². The van der Waals surface area contributed by atoms with E-state index in [1.807, 2.05) is 28.8 Å². The third-order valence-corrected chi connectivity index (χ3v) is 2.32. The molecule has 0 saturated carbocycles. The molecule has 1 N–H and O–H groups in total. The van der Waals surface area contributed by atoms with E-state index in [0.717, 1.165) is 11.0 Å². The molecule has 0 bridgehead atoms. The van der Waals surface area contributed by atoms with Crippen molar-refractivity contribution in [1.29, 1.82) is 0 Å². The summed E-state index contributed by atoms with van der Waals surface area (Å²) in [5.41, 5.74) is 2.01. The lowest BCUT2D eigenvalue weighted by Gasteiger charge is -2.01. The number of carboxylic acid groups (broad SMARTS) is 1. The quantitative estimate of drug-likeness (QED) is 0.878. The second kappa shape index (κ2) is 7.95. The Hall–Kier alpha value is -1.26. The van der Waals surface area contributed by atoms with Crippen molar-refractivity contribution < 1.29 is 9.90 Å². The van der Waals surface area contributed by atoms with Crippen LogP contribution >= 0.6 is 23.2 Å². The molecule has 1 aromatic heterocycles. The van der Waals surface area contributed by atoms with Crippen molar-refractivity contribution in [2.45, 2.75) is 19.4 Å². The largest absolute Gasteiger partial charge is 0.481 e. The van der Waals surface area contributed by atoms with E-state index in [2.05, 4.69) is 4.98 Å². The second-order valence-electron chi connectivity index (χ2n) is 3.52. The molecule has 0 spiro atoms. The Labute approximate surface area is 115 Å². The van der Waals surface area contributed by atoms with Crippen LogP contribution in [0.4, 0.5) is 0 Å². The molecule has 0 amide bonds. The first-order valence-corrected chi connectivity index (χ1v) is 6.49. The number of carboxylic acids is 1. The zero-order chi connectivity index (χ0) is 13.4. The van der Waals surface area contributed by atoms with Gasteiger partial charge in [0.25, 0.3) is 0 Å². The summed E-state index contributed by atoms with van der Waals surface area (Å²) < 4.78 is 1.98. The van der Waals surface area contributed by atoms with Crippen LogP contribution in [0.1, 0.15) is 12.8 Å². The van der Waals surface area contributed by atoms with E-state index in [9.17, 15) is 4.79 Å². The number of para-hydroxylation sites is 2. The fourth-order valence-electron chi connectivity index (χ4n) is 1.59. The van der Waals surface area contributed by atoms with Crippen LogP contribution < -0.4 is 0 Å². The van der Waals surface area contributed by atoms with E-state index >= 15 is 0 Å². The highest BCUT2D eigenvalue weighted by molar-refractivity contribution is 6.40. The minimum absolute atomic E-state index is 0.194. The zero-order valence-electron chi connectivity index (χ0n) is 9.72. The summed E-state index contributed by atoms with van der Waals surface area (Å²) in [5, 5.41) is 8.72. The lowest BCUT2D eigenvalue weighted by molar-refractivity contribution is -0.137. The molecule has 0 radical (unpaired) electrons. The van der Waals surface area contributed by atoms with E-state index in [0.29, 0.717) is 13.0 Å². The van der Waals surface area contributed by atoms with Crippen molar-refractivity contribution in [1.82, 2.24) is 9.55 Å². The van der Waals surface area contributed by atoms with Gasteiger partial charge in [0.15, 0.2) is 0 Å². The molecule has 1 heterocycles. The number of aryl methyl sites for hydroxylation is 1. The smallest absolute Gasteiger partial charge is 0.303 e. The molecule has 4 nitrogen and oxygen atoms in total. The lowest BCUT2D eigenvalue weighted by atomic mass is 10.3. The molecule has 0 aliphatic carbocycles. The maximum absolute atomic E-state index is 10.4. The van der Waals surface area contributed by atoms with Crippen LogP contribution in [-0.4, -0.2) is 26.0 Å². The average Bonchev–Trinajstić information content (AvgIpc) is 2.74. The molecule has 18 heavy (non-hydrogen) atoms. The topological polar surface area (TPSA) is 55.1 Å². The van der Waals surface area contributed by atoms with Gasteiger partial charge in [0, 0.05) is 13.0 Å². The predicted molar refractivity (Wildman–Crippen MR) is 73.2 cm³/mol. The summed E-state index contributed by atoms with van der Waals surface area (Å²) in [7, 11) is 0. The number of aromatic nitrogens is 2. The number of benzene rings is 1. The van der Waals surface area contributed by atoms with Gasteiger partial charge < -0.3 is 9.67 Å². The second-order valence-corrected chi connectivity index (χ2v) is 4.33. The monoisotopic (exact) mass is 288 g/mol. The number of alkyl halides is 2. The molecule has 0 aliphatic heterocycles. The Kier molecular flexibility index (Phi) is 6.54. The molecule has 98 valence electrons. The van der Waals surface area contributed by atoms with E-state index in [4.69, 9.17) is 28.3 Å². The Morgan fingerprint density at radius 1 is 1.33 bits per heavy atom. The van der Waals surface area contributed by atoms with Crippen LogP contribution in [0.5, 0.6) is 0 Å². The first kappa shape index (κ1) is 14.8. The van der Waals surface area contributed by atoms with Crippen molar-refractivity contribution in [3.8, 4) is 0 Å². The summed E-state index contributed by atoms with van der Waals surface area (Å²) in [6.07, 6.45) is 2.59. The van der Waals surface area contributed by atoms with Gasteiger partial charge in [0.2, 0.25) is 0 Å². The predicted octanol–water partition coefficient (Wildman–Crippen LogP) is 3.32. The molecule has 0 aliphatic rings. The third kappa shape index (κ3) is 4.55. The molecule has 2 aromatic rings. The number of carbonyl (C=O) groups is 1. The Morgan fingerprint density at radius 2 is 2.00 bits per heavy atom. The Bertz CT molecular complexity index is 500. The molecule has 0 fully saturated rings. The van der Waals surface area contributed by atoms with Crippen molar-refractivity contribution in [2.75, 3.05) is 5.34 Å². The molecule has 6 heteroatoms. The van der Waals surface area contributed by atoms with Crippen molar-refractivity contribution in [2.24, 2.45) is 0 Å². The number of aliphatic carboxylic acids is 1. The standard InChI is InChI=1S/C11H12N2O2.CH2Cl2/c14-11(15)6-3-7-13-8-12-9-4-1-2-5-10(9)13;2-1-3/h1-2,4-5,8H,3,6-7H2,(H,14,15);1H2. The number of imidazole rings is 1. The normalized spacial score (nSPS) is 9.89. The van der Waals surface area contributed by atoms with Crippen molar-refractivity contribution in [3.63, 3.8) is 0 Å². The number of rotatable bonds is 4. The summed E-state index contributed by atoms with van der Waals surface area (Å²) in [6, 6.07) is 7.83. The summed E-state index contributed by atoms with van der Waals surface area (Å²) in [6.45, 7) is 0.701. The molecule has 2 rings (SSSR count). The maximum Gasteiger partial charge on any atom is 0.303 e. The molecular weight excluding hydrogens is 275 g/mol. The SMILES string of the molecule is ClCCl.O=C(O)CCCn1cnc2ccccc21. The van der Waals surface area contributed by atoms with Gasteiger partial charge in [-0.2, -0.15) is 0 Å². The fourth-order valence-corrected chi connectivity index (χ4v) is 1.59. The van der Waals surface area contributed by atoms with Gasteiger partial charge in [-0.25, -0.2) is 4.98 Å². The van der Waals surface area contributed by atoms with Crippen LogP contribution in [0.25, 0.3) is 11.0 Å². The highest BCUT2D eigenvalue weighted by Gasteiger charge is 2.02. The van der Waals surface area contributed by atoms with Gasteiger partial charge in [-0.3, -0.25) is 4.79 Å². The van der Waals surface area contributed by atoms with Crippen molar-refractivity contribution >= 4 is 40.2 Å². The molecule has 1 aromatic carbocycles. The van der Waals surface area contributed by atoms with Crippen LogP contribution in [0.3, 0.4) is 0 Å². The number of hydrogen-bond acceptors (Lipinski definition) is 2. The summed E-state index contributed by atoms with van der Waals surface area (Å²) >= 11 is 9.53. The molecule has 0 saturated heterocycles. The third-order valence-electron chi connectivity index (χ3n) is 2.32. The molecule has 0 atom stereocenters. The van der Waals surface area contributed by atoms with Gasteiger partial charge >= 0.3 is 5.97 Å². The van der Waals surface area contributed by atoms with Gasteiger partial charge in [-0.15, -0.1) is 23.2 Å². The maximum atomic E-state index is 10.4. The van der Waals surface area contributed by atoms with E-state index in [-0.39, 0.29) is 11.8 Å². The minimum atomic E-state index is -0.751. The molecule has 0 unspecified atom stereocenters. The van der Waals surface area contributed by atoms with Gasteiger partial charge in [0.1, 0.15) is 0 Å². The van der Waals surface area contributed by atoms with E-state index in [1.165, 1.54) is 0 Å². The zero-order valence-corrected chi connectivity index (χ0v) is 11.2. The number of hydrogen-bond donors (Lipinski definition) is 1. The van der Waals surface area contributed by atoms with E-state index in [1.54, 1.807) is 6.33 Å². The van der Waals surface area contributed by atoms with Gasteiger partial charge in [0.05, 0.1) is 22.7 Å². The van der Waals surface area contributed by atoms with Crippen LogP contribution in [-0.2, 0) is 11.3 Å². The summed E-state index contributed by atoms with van der Waals surface area (Å²) in [5.74, 6) is -0.751. The number of fused-ring (bicyclic) bond motifs is 1. The lowest BCUT2D eigenvalue weighted by Crippen LogP contribution is -2.00. The summed E-state index contributed by atoms with van der Waals surface area (Å²) in [4.78, 5) is 14.6. The fraction of sp³-hybridized carbons (Fsp3) is 0.333. The molecular formula is C12H14Cl2N2O2. The van der Waals surface area contributed by atoms with Crippen LogP contribution in [0, 0.1) is 0 Å². The average molecular weight is 289 g/mol. The van der Waals surface area contributed by atoms with Crippen molar-refractivity contribution in [3.05, 3.63) is 30.6 Å². The highest BCUT2D eigenvalue weighted by Crippen LogP contribution is 2.12.